The van der Waals surface area contributed by atoms with Gasteiger partial charge >= 0.3 is 0 Å². The van der Waals surface area contributed by atoms with Crippen LogP contribution in [-0.4, -0.2) is 40.6 Å². The van der Waals surface area contributed by atoms with Gasteiger partial charge in [0, 0.05) is 23.8 Å². The first-order valence-corrected chi connectivity index (χ1v) is 10.8. The molecule has 0 aliphatic carbocycles. The smallest absolute Gasteiger partial charge is 0.258 e. The van der Waals surface area contributed by atoms with Gasteiger partial charge in [-0.1, -0.05) is 29.8 Å². The summed E-state index contributed by atoms with van der Waals surface area (Å²) in [6.45, 7) is 3.58. The van der Waals surface area contributed by atoms with Crippen LogP contribution >= 0.6 is 11.6 Å². The number of hydrogen-bond donors (Lipinski definition) is 1. The van der Waals surface area contributed by atoms with Crippen molar-refractivity contribution in [3.63, 3.8) is 0 Å². The Morgan fingerprint density at radius 2 is 1.76 bits per heavy atom. The summed E-state index contributed by atoms with van der Waals surface area (Å²) in [5.41, 5.74) is 3.74. The van der Waals surface area contributed by atoms with Crippen LogP contribution in [-0.2, 0) is 7.05 Å². The zero-order valence-corrected chi connectivity index (χ0v) is 19.4. The van der Waals surface area contributed by atoms with Gasteiger partial charge in [0.25, 0.3) is 5.91 Å². The van der Waals surface area contributed by atoms with Crippen molar-refractivity contribution in [2.45, 2.75) is 13.8 Å². The first-order chi connectivity index (χ1) is 16.4. The number of halogens is 1. The molecule has 0 aliphatic heterocycles. The molecule has 0 saturated heterocycles. The largest absolute Gasteiger partial charge is 0.290 e. The fraction of sp³-hybridized carbons (Fsp3) is 0.125. The lowest BCUT2D eigenvalue weighted by molar-refractivity contribution is 0.102. The minimum Gasteiger partial charge on any atom is -0.290 e. The molecule has 0 bridgehead atoms. The van der Waals surface area contributed by atoms with Crippen molar-refractivity contribution in [2.24, 2.45) is 7.05 Å². The summed E-state index contributed by atoms with van der Waals surface area (Å²) >= 11 is 6.04. The number of nitrogens with zero attached hydrogens (tertiary/aromatic N) is 7. The Kier molecular flexibility index (Phi) is 5.46. The number of anilines is 1. The summed E-state index contributed by atoms with van der Waals surface area (Å²) in [6, 6.07) is 14.5. The van der Waals surface area contributed by atoms with Crippen molar-refractivity contribution < 1.29 is 4.79 Å². The van der Waals surface area contributed by atoms with Crippen LogP contribution in [0.1, 0.15) is 21.9 Å². The molecule has 4 aromatic heterocycles. The van der Waals surface area contributed by atoms with Crippen molar-refractivity contribution >= 4 is 34.5 Å². The van der Waals surface area contributed by atoms with Crippen LogP contribution in [0.5, 0.6) is 0 Å². The van der Waals surface area contributed by atoms with Crippen molar-refractivity contribution in [1.29, 1.82) is 0 Å². The van der Waals surface area contributed by atoms with Gasteiger partial charge in [-0.3, -0.25) is 19.8 Å². The Hall–Kier alpha value is -4.24. The average molecular weight is 471 g/mol. The Bertz CT molecular complexity index is 1530. The van der Waals surface area contributed by atoms with Gasteiger partial charge in [-0.15, -0.1) is 0 Å². The summed E-state index contributed by atoms with van der Waals surface area (Å²) < 4.78 is 1.66. The zero-order valence-electron chi connectivity index (χ0n) is 18.6. The Morgan fingerprint density at radius 1 is 0.971 bits per heavy atom. The Morgan fingerprint density at radius 3 is 2.50 bits per heavy atom. The number of carbonyl (C=O) groups excluding carboxylic acids is 1. The van der Waals surface area contributed by atoms with E-state index in [1.54, 1.807) is 49.1 Å². The highest BCUT2D eigenvalue weighted by Crippen LogP contribution is 2.28. The highest BCUT2D eigenvalue weighted by Gasteiger charge is 2.20. The fourth-order valence-electron chi connectivity index (χ4n) is 3.71. The van der Waals surface area contributed by atoms with Crippen LogP contribution in [0.3, 0.4) is 0 Å². The first kappa shape index (κ1) is 21.6. The maximum Gasteiger partial charge on any atom is 0.258 e. The molecule has 0 fully saturated rings. The predicted octanol–water partition coefficient (Wildman–Crippen LogP) is 4.40. The van der Waals surface area contributed by atoms with Gasteiger partial charge in [0.1, 0.15) is 11.5 Å². The van der Waals surface area contributed by atoms with E-state index in [2.05, 4.69) is 30.4 Å². The normalized spacial score (nSPS) is 11.1. The van der Waals surface area contributed by atoms with E-state index in [9.17, 15) is 4.79 Å². The highest BCUT2D eigenvalue weighted by atomic mass is 35.5. The number of carbonyl (C=O) groups is 1. The van der Waals surface area contributed by atoms with Crippen LogP contribution < -0.4 is 5.32 Å². The van der Waals surface area contributed by atoms with Crippen LogP contribution in [0.2, 0.25) is 5.02 Å². The second-order valence-electron chi connectivity index (χ2n) is 7.67. The lowest BCUT2D eigenvalue weighted by atomic mass is 10.0. The van der Waals surface area contributed by atoms with E-state index in [1.807, 2.05) is 31.2 Å². The standard InChI is InChI=1S/C24H19ClN8O/c1-13-20-17(12-19(29-22(20)33(3)32-13)15-7-9-16(25)10-8-15)23(34)31-24-28-14(2)27-21(30-24)18-6-4-5-11-26-18/h4-12H,1-3H3,(H,27,28,30,31,34). The molecular formula is C24H19ClN8O. The molecule has 1 N–H and O–H groups in total. The molecule has 10 heteroatoms. The number of hydrogen-bond acceptors (Lipinski definition) is 7. The van der Waals surface area contributed by atoms with Crippen molar-refractivity contribution in [2.75, 3.05) is 5.32 Å². The van der Waals surface area contributed by atoms with Crippen LogP contribution in [0.4, 0.5) is 5.95 Å². The summed E-state index contributed by atoms with van der Waals surface area (Å²) in [7, 11) is 1.80. The fourth-order valence-corrected chi connectivity index (χ4v) is 3.83. The SMILES string of the molecule is Cc1nc(NC(=O)c2cc(-c3ccc(Cl)cc3)nc3c2c(C)nn3C)nc(-c2ccccn2)n1. The van der Waals surface area contributed by atoms with E-state index in [4.69, 9.17) is 16.6 Å². The van der Waals surface area contributed by atoms with Crippen LogP contribution in [0, 0.1) is 13.8 Å². The van der Waals surface area contributed by atoms with Gasteiger partial charge in [0.2, 0.25) is 5.95 Å². The van der Waals surface area contributed by atoms with E-state index in [0.29, 0.717) is 50.4 Å². The molecule has 0 spiro atoms. The number of benzene rings is 1. The van der Waals surface area contributed by atoms with E-state index < -0.39 is 0 Å². The zero-order chi connectivity index (χ0) is 23.8. The predicted molar refractivity (Wildman–Crippen MR) is 129 cm³/mol. The second-order valence-corrected chi connectivity index (χ2v) is 8.10. The molecule has 1 aromatic carbocycles. The maximum atomic E-state index is 13.5. The summed E-state index contributed by atoms with van der Waals surface area (Å²) in [4.78, 5) is 35.5. The minimum atomic E-state index is -0.378. The number of fused-ring (bicyclic) bond motifs is 1. The number of aryl methyl sites for hydroxylation is 3. The molecule has 0 unspecified atom stereocenters. The van der Waals surface area contributed by atoms with Crippen molar-refractivity contribution in [3.05, 3.63) is 76.8 Å². The van der Waals surface area contributed by atoms with Gasteiger partial charge in [-0.2, -0.15) is 15.1 Å². The van der Waals surface area contributed by atoms with Crippen molar-refractivity contribution in [1.82, 2.24) is 34.7 Å². The van der Waals surface area contributed by atoms with Gasteiger partial charge in [-0.05, 0) is 44.2 Å². The third-order valence-corrected chi connectivity index (χ3v) is 5.47. The Labute approximate surface area is 199 Å². The van der Waals surface area contributed by atoms with Gasteiger partial charge in [0.15, 0.2) is 11.5 Å². The van der Waals surface area contributed by atoms with Crippen molar-refractivity contribution in [3.8, 4) is 22.8 Å². The molecule has 34 heavy (non-hydrogen) atoms. The molecule has 0 aliphatic rings. The monoisotopic (exact) mass is 470 g/mol. The summed E-state index contributed by atoms with van der Waals surface area (Å²) in [5, 5.41) is 8.55. The quantitative estimate of drug-likeness (QED) is 0.414. The number of pyridine rings is 2. The van der Waals surface area contributed by atoms with Gasteiger partial charge in [-0.25, -0.2) is 9.97 Å². The first-order valence-electron chi connectivity index (χ1n) is 10.4. The number of nitrogens with one attached hydrogen (secondary N) is 1. The van der Waals surface area contributed by atoms with E-state index >= 15 is 0 Å². The van der Waals surface area contributed by atoms with Gasteiger partial charge in [0.05, 0.1) is 22.3 Å². The number of amides is 1. The molecule has 0 radical (unpaired) electrons. The topological polar surface area (TPSA) is 111 Å². The lowest BCUT2D eigenvalue weighted by Crippen LogP contribution is -2.16. The molecule has 0 atom stereocenters. The molecule has 5 rings (SSSR count). The molecule has 9 nitrogen and oxygen atoms in total. The summed E-state index contributed by atoms with van der Waals surface area (Å²) in [5.74, 6) is 0.599. The molecule has 5 aromatic rings. The molecule has 4 heterocycles. The summed E-state index contributed by atoms with van der Waals surface area (Å²) in [6.07, 6.45) is 1.66. The van der Waals surface area contributed by atoms with E-state index in [0.717, 1.165) is 5.56 Å². The number of rotatable bonds is 4. The number of aromatic nitrogens is 7. The second kappa shape index (κ2) is 8.60. The van der Waals surface area contributed by atoms with E-state index in [1.165, 1.54) is 0 Å². The molecular weight excluding hydrogens is 452 g/mol. The third kappa shape index (κ3) is 4.08. The average Bonchev–Trinajstić information content (AvgIpc) is 3.12. The van der Waals surface area contributed by atoms with Gasteiger partial charge < -0.3 is 0 Å². The molecule has 0 saturated carbocycles. The van der Waals surface area contributed by atoms with E-state index in [-0.39, 0.29) is 11.9 Å². The highest BCUT2D eigenvalue weighted by molar-refractivity contribution is 6.30. The molecule has 168 valence electrons. The molecule has 1 amide bonds. The maximum absolute atomic E-state index is 13.5. The lowest BCUT2D eigenvalue weighted by Gasteiger charge is -2.10. The van der Waals surface area contributed by atoms with Crippen LogP contribution in [0.25, 0.3) is 33.8 Å². The minimum absolute atomic E-state index is 0.137. The third-order valence-electron chi connectivity index (χ3n) is 5.22. The Balaban J connectivity index is 1.58. The van der Waals surface area contributed by atoms with Crippen LogP contribution in [0.15, 0.2) is 54.7 Å².